The number of rotatable bonds is 4. The summed E-state index contributed by atoms with van der Waals surface area (Å²) in [6, 6.07) is 9.50. The van der Waals surface area contributed by atoms with Gasteiger partial charge in [0.05, 0.1) is 0 Å². The van der Waals surface area contributed by atoms with Crippen molar-refractivity contribution in [2.45, 2.75) is 39.3 Å². The first-order valence-corrected chi connectivity index (χ1v) is 5.35. The Balaban J connectivity index is 2.99. The van der Waals surface area contributed by atoms with Crippen molar-refractivity contribution in [2.24, 2.45) is 5.92 Å². The Bertz CT molecular complexity index is 266. The molecule has 0 amide bonds. The molecule has 0 saturated heterocycles. The van der Waals surface area contributed by atoms with Crippen LogP contribution in [0.5, 0.6) is 0 Å². The summed E-state index contributed by atoms with van der Waals surface area (Å²) in [5.41, 5.74) is -0.340. The van der Waals surface area contributed by atoms with Crippen molar-refractivity contribution >= 4 is 0 Å². The van der Waals surface area contributed by atoms with Gasteiger partial charge in [0.25, 0.3) is 0 Å². The quantitative estimate of drug-likeness (QED) is 0.670. The van der Waals surface area contributed by atoms with E-state index in [9.17, 15) is 4.39 Å². The minimum absolute atomic E-state index is 0.0323. The first-order valence-electron chi connectivity index (χ1n) is 5.35. The third-order valence-electron chi connectivity index (χ3n) is 2.78. The Morgan fingerprint density at radius 3 is 2.21 bits per heavy atom. The molecule has 78 valence electrons. The van der Waals surface area contributed by atoms with E-state index in [-0.39, 0.29) is 5.92 Å². The predicted molar refractivity (Wildman–Crippen MR) is 59.0 cm³/mol. The van der Waals surface area contributed by atoms with Gasteiger partial charge in [-0.2, -0.15) is 0 Å². The van der Waals surface area contributed by atoms with Crippen LogP contribution in [0.3, 0.4) is 0 Å². The van der Waals surface area contributed by atoms with E-state index < -0.39 is 5.67 Å². The average Bonchev–Trinajstić information content (AvgIpc) is 2.19. The molecule has 0 saturated carbocycles. The molecule has 1 aromatic rings. The molecule has 0 aliphatic rings. The van der Waals surface area contributed by atoms with Crippen LogP contribution in [-0.4, -0.2) is 0 Å². The Morgan fingerprint density at radius 1 is 1.21 bits per heavy atom. The first kappa shape index (κ1) is 11.2. The van der Waals surface area contributed by atoms with Crippen molar-refractivity contribution in [3.63, 3.8) is 0 Å². The normalized spacial score (nSPS) is 15.5. The fourth-order valence-corrected chi connectivity index (χ4v) is 1.85. The molecule has 1 heteroatoms. The van der Waals surface area contributed by atoms with Crippen molar-refractivity contribution in [3.8, 4) is 0 Å². The molecule has 1 atom stereocenters. The van der Waals surface area contributed by atoms with Crippen LogP contribution < -0.4 is 0 Å². The van der Waals surface area contributed by atoms with Gasteiger partial charge in [0, 0.05) is 0 Å². The van der Waals surface area contributed by atoms with E-state index in [1.54, 1.807) is 0 Å². The molecule has 0 spiro atoms. The lowest BCUT2D eigenvalue weighted by Crippen LogP contribution is -2.26. The Morgan fingerprint density at radius 2 is 1.79 bits per heavy atom. The molecule has 1 aromatic carbocycles. The smallest absolute Gasteiger partial charge is 0.138 e. The minimum Gasteiger partial charge on any atom is -0.238 e. The molecule has 1 unspecified atom stereocenters. The van der Waals surface area contributed by atoms with Crippen LogP contribution in [0.25, 0.3) is 0 Å². The molecule has 0 aliphatic carbocycles. The summed E-state index contributed by atoms with van der Waals surface area (Å²) in [6.07, 6.45) is 1.48. The molecule has 0 radical (unpaired) electrons. The molecular weight excluding hydrogens is 175 g/mol. The largest absolute Gasteiger partial charge is 0.238 e. The van der Waals surface area contributed by atoms with Crippen LogP contribution >= 0.6 is 0 Å². The topological polar surface area (TPSA) is 0 Å². The SMILES string of the molecule is CCCC(F)(c1ccccc1)C(C)C. The van der Waals surface area contributed by atoms with Crippen molar-refractivity contribution in [1.29, 1.82) is 0 Å². The summed E-state index contributed by atoms with van der Waals surface area (Å²) >= 11 is 0. The second-order valence-electron chi connectivity index (χ2n) is 4.13. The summed E-state index contributed by atoms with van der Waals surface area (Å²) in [6.45, 7) is 5.92. The zero-order valence-corrected chi connectivity index (χ0v) is 9.26. The lowest BCUT2D eigenvalue weighted by Gasteiger charge is -2.29. The van der Waals surface area contributed by atoms with Gasteiger partial charge >= 0.3 is 0 Å². The van der Waals surface area contributed by atoms with Crippen LogP contribution in [0, 0.1) is 5.92 Å². The monoisotopic (exact) mass is 194 g/mol. The zero-order valence-electron chi connectivity index (χ0n) is 9.26. The molecule has 1 rings (SSSR count). The van der Waals surface area contributed by atoms with Gasteiger partial charge in [-0.25, -0.2) is 4.39 Å². The highest BCUT2D eigenvalue weighted by atomic mass is 19.1. The molecule has 0 bridgehead atoms. The molecule has 14 heavy (non-hydrogen) atoms. The molecule has 0 aromatic heterocycles. The third-order valence-corrected chi connectivity index (χ3v) is 2.78. The van der Waals surface area contributed by atoms with Crippen LogP contribution in [0.15, 0.2) is 30.3 Å². The van der Waals surface area contributed by atoms with E-state index in [2.05, 4.69) is 0 Å². The summed E-state index contributed by atoms with van der Waals surface area (Å²) in [5, 5.41) is 0. The number of benzene rings is 1. The van der Waals surface area contributed by atoms with Crippen LogP contribution in [0.1, 0.15) is 39.2 Å². The number of alkyl halides is 1. The van der Waals surface area contributed by atoms with Crippen molar-refractivity contribution in [1.82, 2.24) is 0 Å². The Hall–Kier alpha value is -0.850. The second kappa shape index (κ2) is 4.59. The van der Waals surface area contributed by atoms with Crippen LogP contribution in [-0.2, 0) is 5.67 Å². The molecule has 0 N–H and O–H groups in total. The predicted octanol–water partition coefficient (Wildman–Crippen LogP) is 4.31. The van der Waals surface area contributed by atoms with Crippen LogP contribution in [0.4, 0.5) is 4.39 Å². The van der Waals surface area contributed by atoms with E-state index in [0.717, 1.165) is 12.0 Å². The summed E-state index contributed by atoms with van der Waals surface area (Å²) in [7, 11) is 0. The fourth-order valence-electron chi connectivity index (χ4n) is 1.85. The van der Waals surface area contributed by atoms with Gasteiger partial charge in [0.15, 0.2) is 0 Å². The highest BCUT2D eigenvalue weighted by Gasteiger charge is 2.34. The van der Waals surface area contributed by atoms with Crippen molar-refractivity contribution in [3.05, 3.63) is 35.9 Å². The maximum atomic E-state index is 14.6. The Labute approximate surface area is 86.2 Å². The van der Waals surface area contributed by atoms with Crippen LogP contribution in [0.2, 0.25) is 0 Å². The van der Waals surface area contributed by atoms with Crippen molar-refractivity contribution in [2.75, 3.05) is 0 Å². The maximum absolute atomic E-state index is 14.6. The third kappa shape index (κ3) is 2.14. The van der Waals surface area contributed by atoms with Gasteiger partial charge < -0.3 is 0 Å². The number of hydrogen-bond donors (Lipinski definition) is 0. The van der Waals surface area contributed by atoms with E-state index in [1.165, 1.54) is 0 Å². The molecule has 0 nitrogen and oxygen atoms in total. The Kier molecular flexibility index (Phi) is 3.68. The van der Waals surface area contributed by atoms with E-state index >= 15 is 0 Å². The van der Waals surface area contributed by atoms with Gasteiger partial charge in [0.2, 0.25) is 0 Å². The molecule has 0 fully saturated rings. The highest BCUT2D eigenvalue weighted by Crippen LogP contribution is 2.38. The minimum atomic E-state index is -1.16. The lowest BCUT2D eigenvalue weighted by molar-refractivity contribution is 0.0861. The highest BCUT2D eigenvalue weighted by molar-refractivity contribution is 5.23. The second-order valence-corrected chi connectivity index (χ2v) is 4.13. The van der Waals surface area contributed by atoms with Gasteiger partial charge in [-0.3, -0.25) is 0 Å². The number of hydrogen-bond acceptors (Lipinski definition) is 0. The fraction of sp³-hybridized carbons (Fsp3) is 0.538. The summed E-state index contributed by atoms with van der Waals surface area (Å²) in [5.74, 6) is 0.0323. The summed E-state index contributed by atoms with van der Waals surface area (Å²) < 4.78 is 14.6. The first-order chi connectivity index (χ1) is 6.61. The van der Waals surface area contributed by atoms with Gasteiger partial charge in [-0.1, -0.05) is 57.5 Å². The standard InChI is InChI=1S/C13H19F/c1-4-10-13(14,11(2)3)12-8-6-5-7-9-12/h5-9,11H,4,10H2,1-3H3. The number of halogens is 1. The van der Waals surface area contributed by atoms with Gasteiger partial charge in [-0.05, 0) is 17.9 Å². The average molecular weight is 194 g/mol. The molecule has 0 heterocycles. The van der Waals surface area contributed by atoms with Gasteiger partial charge in [0.1, 0.15) is 5.67 Å². The zero-order chi connectivity index (χ0) is 10.6. The molecule has 0 aliphatic heterocycles. The summed E-state index contributed by atoms with van der Waals surface area (Å²) in [4.78, 5) is 0. The van der Waals surface area contributed by atoms with E-state index in [1.807, 2.05) is 51.1 Å². The lowest BCUT2D eigenvalue weighted by atomic mass is 9.82. The van der Waals surface area contributed by atoms with E-state index in [4.69, 9.17) is 0 Å². The van der Waals surface area contributed by atoms with E-state index in [0.29, 0.717) is 6.42 Å². The maximum Gasteiger partial charge on any atom is 0.138 e. The van der Waals surface area contributed by atoms with Gasteiger partial charge in [-0.15, -0.1) is 0 Å². The molecular formula is C13H19F. The van der Waals surface area contributed by atoms with Crippen molar-refractivity contribution < 1.29 is 4.39 Å².